The topological polar surface area (TPSA) is 29.5 Å². The fraction of sp³-hybridized carbons (Fsp3) is 1.00. The van der Waals surface area contributed by atoms with Gasteiger partial charge in [-0.15, -0.1) is 0 Å². The first-order chi connectivity index (χ1) is 8.54. The second kappa shape index (κ2) is 4.49. The predicted molar refractivity (Wildman–Crippen MR) is 72.4 cm³/mol. The third-order valence-electron chi connectivity index (χ3n) is 6.09. The van der Waals surface area contributed by atoms with Crippen LogP contribution in [0.25, 0.3) is 0 Å². The van der Waals surface area contributed by atoms with Gasteiger partial charge in [0.15, 0.2) is 0 Å². The second-order valence-corrected chi connectivity index (χ2v) is 7.35. The van der Waals surface area contributed by atoms with Gasteiger partial charge in [0.25, 0.3) is 0 Å². The van der Waals surface area contributed by atoms with E-state index >= 15 is 0 Å². The van der Waals surface area contributed by atoms with E-state index in [1.165, 1.54) is 32.1 Å². The minimum absolute atomic E-state index is 0.166. The van der Waals surface area contributed by atoms with Crippen LogP contribution in [-0.4, -0.2) is 22.9 Å². The van der Waals surface area contributed by atoms with Gasteiger partial charge in [0.05, 0.1) is 11.2 Å². The average molecular weight is 252 g/mol. The summed E-state index contributed by atoms with van der Waals surface area (Å²) in [5, 5.41) is 11.2. The Morgan fingerprint density at radius 3 is 2.50 bits per heavy atom. The largest absolute Gasteiger partial charge is 0.389 e. The molecule has 3 rings (SSSR count). The number of hydrogen-bond donors (Lipinski definition) is 1. The van der Waals surface area contributed by atoms with Crippen molar-refractivity contribution in [1.82, 2.24) is 0 Å². The van der Waals surface area contributed by atoms with Crippen molar-refractivity contribution < 1.29 is 9.84 Å². The van der Waals surface area contributed by atoms with Gasteiger partial charge < -0.3 is 9.84 Å². The van der Waals surface area contributed by atoms with Crippen molar-refractivity contribution in [3.63, 3.8) is 0 Å². The molecule has 18 heavy (non-hydrogen) atoms. The minimum atomic E-state index is -0.413. The van der Waals surface area contributed by atoms with Crippen LogP contribution in [0.1, 0.15) is 65.2 Å². The first kappa shape index (κ1) is 12.9. The van der Waals surface area contributed by atoms with E-state index in [4.69, 9.17) is 4.74 Å². The van der Waals surface area contributed by atoms with Gasteiger partial charge in [-0.3, -0.25) is 0 Å². The molecule has 2 nitrogen and oxygen atoms in total. The van der Waals surface area contributed by atoms with Crippen LogP contribution in [0.2, 0.25) is 0 Å². The van der Waals surface area contributed by atoms with Crippen LogP contribution in [0.4, 0.5) is 0 Å². The van der Waals surface area contributed by atoms with Crippen LogP contribution in [0.15, 0.2) is 0 Å². The summed E-state index contributed by atoms with van der Waals surface area (Å²) in [6, 6.07) is 0. The molecular weight excluding hydrogens is 224 g/mol. The maximum atomic E-state index is 11.2. The molecule has 0 aromatic rings. The summed E-state index contributed by atoms with van der Waals surface area (Å²) in [5.74, 6) is 1.63. The molecule has 0 radical (unpaired) electrons. The zero-order chi connectivity index (χ0) is 12.8. The molecular formula is C16H28O2. The van der Waals surface area contributed by atoms with Crippen molar-refractivity contribution in [1.29, 1.82) is 0 Å². The van der Waals surface area contributed by atoms with E-state index in [9.17, 15) is 5.11 Å². The van der Waals surface area contributed by atoms with Crippen LogP contribution in [-0.2, 0) is 4.74 Å². The molecule has 2 saturated carbocycles. The molecule has 0 bridgehead atoms. The molecule has 1 N–H and O–H groups in total. The van der Waals surface area contributed by atoms with Gasteiger partial charge in [0, 0.05) is 6.61 Å². The van der Waals surface area contributed by atoms with Crippen LogP contribution >= 0.6 is 0 Å². The van der Waals surface area contributed by atoms with Crippen molar-refractivity contribution in [3.05, 3.63) is 0 Å². The molecule has 4 atom stereocenters. The molecule has 3 fully saturated rings. The lowest BCUT2D eigenvalue weighted by molar-refractivity contribution is -0.195. The van der Waals surface area contributed by atoms with E-state index in [0.29, 0.717) is 17.8 Å². The molecule has 1 saturated heterocycles. The smallest absolute Gasteiger partial charge is 0.0705 e. The zero-order valence-corrected chi connectivity index (χ0v) is 12.0. The maximum Gasteiger partial charge on any atom is 0.0705 e. The average Bonchev–Trinajstić information content (AvgIpc) is 2.32. The van der Waals surface area contributed by atoms with Crippen molar-refractivity contribution in [2.24, 2.45) is 17.8 Å². The first-order valence-electron chi connectivity index (χ1n) is 7.90. The van der Waals surface area contributed by atoms with Crippen molar-refractivity contribution in [3.8, 4) is 0 Å². The normalized spacial score (nSPS) is 47.8. The van der Waals surface area contributed by atoms with Gasteiger partial charge in [0.2, 0.25) is 0 Å². The van der Waals surface area contributed by atoms with Gasteiger partial charge in [0.1, 0.15) is 0 Å². The molecule has 3 aliphatic rings. The zero-order valence-electron chi connectivity index (χ0n) is 12.0. The molecule has 2 heteroatoms. The quantitative estimate of drug-likeness (QED) is 0.773. The Morgan fingerprint density at radius 2 is 1.83 bits per heavy atom. The Morgan fingerprint density at radius 1 is 1.06 bits per heavy atom. The van der Waals surface area contributed by atoms with Gasteiger partial charge in [-0.1, -0.05) is 20.3 Å². The van der Waals surface area contributed by atoms with Crippen molar-refractivity contribution >= 4 is 0 Å². The number of hydrogen-bond acceptors (Lipinski definition) is 2. The van der Waals surface area contributed by atoms with Crippen LogP contribution < -0.4 is 0 Å². The summed E-state index contributed by atoms with van der Waals surface area (Å²) >= 11 is 0. The number of ether oxygens (including phenoxy) is 1. The molecule has 4 unspecified atom stereocenters. The highest BCUT2D eigenvalue weighted by Gasteiger charge is 2.51. The van der Waals surface area contributed by atoms with Crippen molar-refractivity contribution in [2.45, 2.75) is 76.4 Å². The van der Waals surface area contributed by atoms with E-state index in [1.54, 1.807) is 0 Å². The first-order valence-corrected chi connectivity index (χ1v) is 7.90. The summed E-state index contributed by atoms with van der Waals surface area (Å²) < 4.78 is 6.02. The maximum absolute atomic E-state index is 11.2. The lowest BCUT2D eigenvalue weighted by atomic mass is 9.60. The second-order valence-electron chi connectivity index (χ2n) is 7.35. The molecule has 0 aromatic carbocycles. The summed E-state index contributed by atoms with van der Waals surface area (Å²) in [5.41, 5.74) is -0.247. The Balaban J connectivity index is 1.75. The molecule has 104 valence electrons. The third kappa shape index (κ3) is 2.02. The fourth-order valence-corrected chi connectivity index (χ4v) is 4.59. The Bertz CT molecular complexity index is 310. The summed E-state index contributed by atoms with van der Waals surface area (Å²) in [4.78, 5) is 0. The summed E-state index contributed by atoms with van der Waals surface area (Å²) in [6.45, 7) is 5.43. The van der Waals surface area contributed by atoms with Crippen LogP contribution in [0, 0.1) is 17.8 Å². The van der Waals surface area contributed by atoms with E-state index in [2.05, 4.69) is 13.8 Å². The van der Waals surface area contributed by atoms with E-state index in [0.717, 1.165) is 25.9 Å². The highest BCUT2D eigenvalue weighted by molar-refractivity contribution is 5.02. The van der Waals surface area contributed by atoms with Crippen LogP contribution in [0.3, 0.4) is 0 Å². The molecule has 1 aliphatic heterocycles. The molecule has 0 aromatic heterocycles. The van der Waals surface area contributed by atoms with Crippen LogP contribution in [0.5, 0.6) is 0 Å². The highest BCUT2D eigenvalue weighted by atomic mass is 16.5. The lowest BCUT2D eigenvalue weighted by Crippen LogP contribution is -2.55. The highest BCUT2D eigenvalue weighted by Crippen LogP contribution is 2.51. The minimum Gasteiger partial charge on any atom is -0.389 e. The molecule has 1 spiro atoms. The van der Waals surface area contributed by atoms with E-state index in [-0.39, 0.29) is 5.60 Å². The third-order valence-corrected chi connectivity index (χ3v) is 6.09. The van der Waals surface area contributed by atoms with E-state index in [1.807, 2.05) is 0 Å². The summed E-state index contributed by atoms with van der Waals surface area (Å²) in [6.07, 6.45) is 9.44. The number of aliphatic hydroxyl groups is 1. The van der Waals surface area contributed by atoms with Gasteiger partial charge in [-0.25, -0.2) is 0 Å². The Hall–Kier alpha value is -0.0800. The fourth-order valence-electron chi connectivity index (χ4n) is 4.59. The van der Waals surface area contributed by atoms with Gasteiger partial charge in [-0.2, -0.15) is 0 Å². The van der Waals surface area contributed by atoms with E-state index < -0.39 is 5.60 Å². The number of rotatable bonds is 1. The lowest BCUT2D eigenvalue weighted by Gasteiger charge is -2.54. The van der Waals surface area contributed by atoms with Crippen molar-refractivity contribution in [2.75, 3.05) is 6.61 Å². The monoisotopic (exact) mass is 252 g/mol. The Labute approximate surface area is 111 Å². The Kier molecular flexibility index (Phi) is 3.22. The van der Waals surface area contributed by atoms with Gasteiger partial charge >= 0.3 is 0 Å². The summed E-state index contributed by atoms with van der Waals surface area (Å²) in [7, 11) is 0. The molecule has 2 aliphatic carbocycles. The SMILES string of the molecule is CC1CCC(C)C(O)(C2CCOC3(CCC3)C2)C1. The predicted octanol–water partition coefficient (Wildman–Crippen LogP) is 3.52. The molecule has 0 amide bonds. The standard InChI is InChI=1S/C16H28O2/c1-12-4-5-13(2)16(17,10-12)14-6-9-18-15(11-14)7-3-8-15/h12-14,17H,3-11H2,1-2H3. The molecule has 1 heterocycles. The van der Waals surface area contributed by atoms with Gasteiger partial charge in [-0.05, 0) is 62.7 Å².